The van der Waals surface area contributed by atoms with E-state index in [2.05, 4.69) is 39.8 Å². The van der Waals surface area contributed by atoms with Crippen LogP contribution in [0.1, 0.15) is 32.8 Å². The van der Waals surface area contributed by atoms with Gasteiger partial charge in [-0.1, -0.05) is 26.0 Å². The Morgan fingerprint density at radius 2 is 1.86 bits per heavy atom. The van der Waals surface area contributed by atoms with Crippen LogP contribution in [-0.4, -0.2) is 63.7 Å². The second-order valence-corrected chi connectivity index (χ2v) is 7.11. The zero-order valence-electron chi connectivity index (χ0n) is 18.5. The van der Waals surface area contributed by atoms with Crippen molar-refractivity contribution in [2.45, 2.75) is 33.7 Å². The van der Waals surface area contributed by atoms with Gasteiger partial charge in [-0.2, -0.15) is 0 Å². The number of nitrogens with zero attached hydrogens (tertiary/aromatic N) is 2. The van der Waals surface area contributed by atoms with Gasteiger partial charge < -0.3 is 25.6 Å². The maximum atomic E-state index is 11.7. The molecule has 7 nitrogen and oxygen atoms in total. The van der Waals surface area contributed by atoms with Gasteiger partial charge in [0, 0.05) is 51.5 Å². The third-order valence-corrected chi connectivity index (χ3v) is 4.18. The average Bonchev–Trinajstić information content (AvgIpc) is 2.67. The van der Waals surface area contributed by atoms with Gasteiger partial charge in [0.1, 0.15) is 0 Å². The largest absolute Gasteiger partial charge is 0.385 e. The first-order valence-corrected chi connectivity index (χ1v) is 10.1. The molecule has 0 bridgehead atoms. The second kappa shape index (κ2) is 16.4. The minimum Gasteiger partial charge on any atom is -0.385 e. The molecule has 1 rings (SSSR count). The highest BCUT2D eigenvalue weighted by molar-refractivity contribution is 14.0. The number of hydrogen-bond donors (Lipinski definition) is 3. The fourth-order valence-corrected chi connectivity index (χ4v) is 2.45. The summed E-state index contributed by atoms with van der Waals surface area (Å²) in [6.07, 6.45) is 1.04. The van der Waals surface area contributed by atoms with Crippen molar-refractivity contribution in [3.63, 3.8) is 0 Å². The summed E-state index contributed by atoms with van der Waals surface area (Å²) < 4.78 is 5.09. The number of anilines is 1. The number of aliphatic imine (C=N–C) groups is 1. The van der Waals surface area contributed by atoms with E-state index in [0.717, 1.165) is 56.4 Å². The van der Waals surface area contributed by atoms with Crippen LogP contribution in [0.4, 0.5) is 5.69 Å². The number of hydrogen-bond acceptors (Lipinski definition) is 4. The fourth-order valence-electron chi connectivity index (χ4n) is 2.45. The molecule has 3 N–H and O–H groups in total. The molecular weight excluding hydrogens is 481 g/mol. The van der Waals surface area contributed by atoms with Crippen LogP contribution in [0.3, 0.4) is 0 Å². The molecule has 0 saturated heterocycles. The Balaban J connectivity index is 0.00000784. The molecule has 166 valence electrons. The molecule has 0 spiro atoms. The number of rotatable bonds is 12. The highest BCUT2D eigenvalue weighted by Gasteiger charge is 2.06. The molecule has 0 unspecified atom stereocenters. The number of ether oxygens (including phenoxy) is 1. The standard InChI is InChI=1S/C21H37N5O2.HI/c1-6-22-21(23-12-14-26(4)13-7-15-28-5)24-16-18-8-10-19(11-9-18)25-20(27)17(2)3;/h8-11,17H,6-7,12-16H2,1-5H3,(H,25,27)(H2,22,23,24);1H. The van der Waals surface area contributed by atoms with E-state index in [1.54, 1.807) is 7.11 Å². The van der Waals surface area contributed by atoms with Crippen molar-refractivity contribution in [3.05, 3.63) is 29.8 Å². The average molecular weight is 519 g/mol. The van der Waals surface area contributed by atoms with Gasteiger partial charge in [0.05, 0.1) is 6.54 Å². The van der Waals surface area contributed by atoms with E-state index in [9.17, 15) is 4.79 Å². The molecule has 1 aromatic carbocycles. The summed E-state index contributed by atoms with van der Waals surface area (Å²) in [5.74, 6) is 0.804. The lowest BCUT2D eigenvalue weighted by molar-refractivity contribution is -0.118. The van der Waals surface area contributed by atoms with Crippen molar-refractivity contribution in [2.24, 2.45) is 10.9 Å². The van der Waals surface area contributed by atoms with Crippen molar-refractivity contribution in [2.75, 3.05) is 52.3 Å². The van der Waals surface area contributed by atoms with Crippen LogP contribution < -0.4 is 16.0 Å². The SMILES string of the molecule is CCNC(=NCc1ccc(NC(=O)C(C)C)cc1)NCCN(C)CCCOC.I. The zero-order valence-corrected chi connectivity index (χ0v) is 20.8. The van der Waals surface area contributed by atoms with Crippen LogP contribution in [0, 0.1) is 5.92 Å². The van der Waals surface area contributed by atoms with Crippen LogP contribution in [0.25, 0.3) is 0 Å². The predicted octanol–water partition coefficient (Wildman–Crippen LogP) is 2.92. The summed E-state index contributed by atoms with van der Waals surface area (Å²) in [7, 11) is 3.84. The summed E-state index contributed by atoms with van der Waals surface area (Å²) in [5, 5.41) is 9.54. The van der Waals surface area contributed by atoms with E-state index >= 15 is 0 Å². The first-order valence-electron chi connectivity index (χ1n) is 10.1. The summed E-state index contributed by atoms with van der Waals surface area (Å²) in [6.45, 7) is 10.8. The van der Waals surface area contributed by atoms with Crippen LogP contribution >= 0.6 is 24.0 Å². The number of likely N-dealkylation sites (N-methyl/N-ethyl adjacent to an activating group) is 1. The Morgan fingerprint density at radius 3 is 2.45 bits per heavy atom. The summed E-state index contributed by atoms with van der Waals surface area (Å²) in [4.78, 5) is 18.7. The van der Waals surface area contributed by atoms with Gasteiger partial charge in [0.15, 0.2) is 5.96 Å². The Kier molecular flexibility index (Phi) is 15.6. The number of carbonyl (C=O) groups excluding carboxylic acids is 1. The van der Waals surface area contributed by atoms with E-state index in [1.807, 2.05) is 38.1 Å². The monoisotopic (exact) mass is 519 g/mol. The second-order valence-electron chi connectivity index (χ2n) is 7.11. The van der Waals surface area contributed by atoms with Gasteiger partial charge in [-0.15, -0.1) is 24.0 Å². The number of methoxy groups -OCH3 is 1. The van der Waals surface area contributed by atoms with Gasteiger partial charge >= 0.3 is 0 Å². The van der Waals surface area contributed by atoms with Crippen LogP contribution in [-0.2, 0) is 16.1 Å². The van der Waals surface area contributed by atoms with Gasteiger partial charge in [-0.25, -0.2) is 4.99 Å². The molecule has 8 heteroatoms. The Labute approximate surface area is 193 Å². The Morgan fingerprint density at radius 1 is 1.17 bits per heavy atom. The number of nitrogens with one attached hydrogen (secondary N) is 3. The van der Waals surface area contributed by atoms with Gasteiger partial charge in [-0.05, 0) is 38.1 Å². The highest BCUT2D eigenvalue weighted by Crippen LogP contribution is 2.11. The lowest BCUT2D eigenvalue weighted by Gasteiger charge is -2.18. The first-order chi connectivity index (χ1) is 13.5. The van der Waals surface area contributed by atoms with Crippen molar-refractivity contribution >= 4 is 41.5 Å². The summed E-state index contributed by atoms with van der Waals surface area (Å²) >= 11 is 0. The Hall–Kier alpha value is -1.39. The third-order valence-electron chi connectivity index (χ3n) is 4.18. The molecule has 0 aliphatic carbocycles. The summed E-state index contributed by atoms with van der Waals surface area (Å²) in [5.41, 5.74) is 1.91. The molecule has 0 aliphatic rings. The topological polar surface area (TPSA) is 78.0 Å². The van der Waals surface area contributed by atoms with E-state index in [4.69, 9.17) is 4.74 Å². The smallest absolute Gasteiger partial charge is 0.226 e. The quantitative estimate of drug-likeness (QED) is 0.171. The van der Waals surface area contributed by atoms with Gasteiger partial charge in [0.25, 0.3) is 0 Å². The molecular formula is C21H38IN5O2. The molecule has 0 radical (unpaired) electrons. The number of guanidine groups is 1. The Bertz CT molecular complexity index is 593. The number of amides is 1. The number of carbonyl (C=O) groups is 1. The molecule has 0 aromatic heterocycles. The van der Waals surface area contributed by atoms with Gasteiger partial charge in [-0.3, -0.25) is 4.79 Å². The lowest BCUT2D eigenvalue weighted by Crippen LogP contribution is -2.41. The van der Waals surface area contributed by atoms with Crippen molar-refractivity contribution in [1.82, 2.24) is 15.5 Å². The van der Waals surface area contributed by atoms with Gasteiger partial charge in [0.2, 0.25) is 5.91 Å². The predicted molar refractivity (Wildman–Crippen MR) is 132 cm³/mol. The van der Waals surface area contributed by atoms with E-state index < -0.39 is 0 Å². The molecule has 0 aliphatic heterocycles. The number of halogens is 1. The third kappa shape index (κ3) is 12.7. The molecule has 0 saturated carbocycles. The molecule has 0 atom stereocenters. The van der Waals surface area contributed by atoms with Crippen molar-refractivity contribution in [3.8, 4) is 0 Å². The normalized spacial score (nSPS) is 11.3. The lowest BCUT2D eigenvalue weighted by atomic mass is 10.2. The minimum atomic E-state index is -0.0305. The van der Waals surface area contributed by atoms with E-state index in [1.165, 1.54) is 0 Å². The van der Waals surface area contributed by atoms with Crippen molar-refractivity contribution < 1.29 is 9.53 Å². The fraction of sp³-hybridized carbons (Fsp3) is 0.619. The molecule has 0 heterocycles. The minimum absolute atomic E-state index is 0. The van der Waals surface area contributed by atoms with Crippen LogP contribution in [0.5, 0.6) is 0 Å². The zero-order chi connectivity index (χ0) is 20.8. The molecule has 29 heavy (non-hydrogen) atoms. The molecule has 1 aromatic rings. The first kappa shape index (κ1) is 27.6. The molecule has 0 fully saturated rings. The number of benzene rings is 1. The molecule has 1 amide bonds. The van der Waals surface area contributed by atoms with Crippen molar-refractivity contribution in [1.29, 1.82) is 0 Å². The van der Waals surface area contributed by atoms with Crippen LogP contribution in [0.2, 0.25) is 0 Å². The highest BCUT2D eigenvalue weighted by atomic mass is 127. The van der Waals surface area contributed by atoms with Crippen LogP contribution in [0.15, 0.2) is 29.3 Å². The van der Waals surface area contributed by atoms with E-state index in [0.29, 0.717) is 6.54 Å². The van der Waals surface area contributed by atoms with E-state index in [-0.39, 0.29) is 35.8 Å². The summed E-state index contributed by atoms with van der Waals surface area (Å²) in [6, 6.07) is 7.82. The maximum Gasteiger partial charge on any atom is 0.226 e. The maximum absolute atomic E-state index is 11.7.